The van der Waals surface area contributed by atoms with Gasteiger partial charge in [-0.05, 0) is 29.5 Å². The number of methoxy groups -OCH3 is 1. The number of fused-ring (bicyclic) bond motifs is 1. The van der Waals surface area contributed by atoms with Crippen LogP contribution >= 0.6 is 0 Å². The summed E-state index contributed by atoms with van der Waals surface area (Å²) in [7, 11) is 1.61. The predicted molar refractivity (Wildman–Crippen MR) is 78.2 cm³/mol. The molecular formula is C17H22O4. The zero-order chi connectivity index (χ0) is 15.3. The predicted octanol–water partition coefficient (Wildman–Crippen LogP) is 2.65. The molecule has 2 aliphatic rings. The van der Waals surface area contributed by atoms with Crippen molar-refractivity contribution in [2.45, 2.75) is 50.9 Å². The van der Waals surface area contributed by atoms with E-state index in [2.05, 4.69) is 13.8 Å². The molecule has 1 heterocycles. The van der Waals surface area contributed by atoms with E-state index in [-0.39, 0.29) is 17.3 Å². The number of Topliss-reactive ketones (excluding diaryl/α,β-unsaturated/α-hetero) is 1. The number of carbonyl (C=O) groups is 1. The van der Waals surface area contributed by atoms with Gasteiger partial charge in [0.2, 0.25) is 0 Å². The maximum atomic E-state index is 12.0. The summed E-state index contributed by atoms with van der Waals surface area (Å²) in [4.78, 5) is 12.0. The Kier molecular flexibility index (Phi) is 3.34. The maximum absolute atomic E-state index is 12.0. The minimum atomic E-state index is -0.623. The number of hydrogen-bond donors (Lipinski definition) is 1. The number of ketones is 1. The third kappa shape index (κ3) is 2.70. The van der Waals surface area contributed by atoms with Crippen LogP contribution in [0.4, 0.5) is 0 Å². The first kappa shape index (κ1) is 14.5. The number of ether oxygens (including phenoxy) is 2. The highest BCUT2D eigenvalue weighted by Gasteiger charge is 2.65. The number of aliphatic hydroxyl groups excluding tert-OH is 1. The van der Waals surface area contributed by atoms with E-state index < -0.39 is 11.7 Å². The number of hydrogen-bond acceptors (Lipinski definition) is 4. The van der Waals surface area contributed by atoms with E-state index in [0.29, 0.717) is 12.8 Å². The van der Waals surface area contributed by atoms with E-state index in [4.69, 9.17) is 9.47 Å². The van der Waals surface area contributed by atoms with Crippen LogP contribution < -0.4 is 4.74 Å². The van der Waals surface area contributed by atoms with Gasteiger partial charge in [0.1, 0.15) is 17.5 Å². The minimum absolute atomic E-state index is 0.0519. The molecule has 0 bridgehead atoms. The first-order valence-electron chi connectivity index (χ1n) is 7.38. The molecule has 3 rings (SSSR count). The summed E-state index contributed by atoms with van der Waals surface area (Å²) in [5, 5.41) is 10.5. The number of rotatable bonds is 4. The standard InChI is InChI=1S/C17H22O4/c1-16(2)8-14(19)15-17(10-16,21-15)9-13(18)11-4-6-12(20-3)7-5-11/h4-7,13,15,18H,8-10H2,1-3H3. The van der Waals surface area contributed by atoms with Gasteiger partial charge >= 0.3 is 0 Å². The lowest BCUT2D eigenvalue weighted by Gasteiger charge is -2.32. The molecule has 0 aromatic heterocycles. The third-order valence-electron chi connectivity index (χ3n) is 4.54. The van der Waals surface area contributed by atoms with E-state index in [0.717, 1.165) is 17.7 Å². The van der Waals surface area contributed by atoms with E-state index in [1.807, 2.05) is 24.3 Å². The van der Waals surface area contributed by atoms with Crippen LogP contribution in [0.5, 0.6) is 5.75 Å². The molecule has 0 radical (unpaired) electrons. The van der Waals surface area contributed by atoms with Gasteiger partial charge in [-0.2, -0.15) is 0 Å². The molecule has 1 aromatic carbocycles. The second kappa shape index (κ2) is 4.82. The Morgan fingerprint density at radius 1 is 1.38 bits per heavy atom. The van der Waals surface area contributed by atoms with Crippen LogP contribution in [0.15, 0.2) is 24.3 Å². The highest BCUT2D eigenvalue weighted by molar-refractivity contribution is 5.88. The van der Waals surface area contributed by atoms with Crippen LogP contribution in [0.25, 0.3) is 0 Å². The van der Waals surface area contributed by atoms with Gasteiger partial charge in [0, 0.05) is 12.8 Å². The zero-order valence-electron chi connectivity index (χ0n) is 12.8. The molecular weight excluding hydrogens is 268 g/mol. The Balaban J connectivity index is 1.72. The average molecular weight is 290 g/mol. The zero-order valence-corrected chi connectivity index (χ0v) is 12.8. The molecule has 2 fully saturated rings. The van der Waals surface area contributed by atoms with Crippen LogP contribution in [0.1, 0.15) is 44.8 Å². The molecule has 1 N–H and O–H groups in total. The number of epoxide rings is 1. The second-order valence-corrected chi connectivity index (χ2v) is 7.04. The summed E-state index contributed by atoms with van der Waals surface area (Å²) < 4.78 is 10.8. The van der Waals surface area contributed by atoms with Gasteiger partial charge in [-0.25, -0.2) is 0 Å². The Bertz CT molecular complexity index is 548. The molecule has 1 aliphatic carbocycles. The highest BCUT2D eigenvalue weighted by Crippen LogP contribution is 2.56. The Morgan fingerprint density at radius 2 is 2.05 bits per heavy atom. The molecule has 1 saturated carbocycles. The quantitative estimate of drug-likeness (QED) is 0.866. The molecule has 3 unspecified atom stereocenters. The highest BCUT2D eigenvalue weighted by atomic mass is 16.6. The minimum Gasteiger partial charge on any atom is -0.497 e. The van der Waals surface area contributed by atoms with Crippen molar-refractivity contribution in [3.8, 4) is 5.75 Å². The SMILES string of the molecule is COc1ccc(C(O)CC23CC(C)(C)CC(=O)C2O3)cc1. The molecule has 1 aromatic rings. The largest absolute Gasteiger partial charge is 0.497 e. The number of aliphatic hydroxyl groups is 1. The summed E-state index contributed by atoms with van der Waals surface area (Å²) >= 11 is 0. The summed E-state index contributed by atoms with van der Waals surface area (Å²) in [6.07, 6.45) is 0.932. The summed E-state index contributed by atoms with van der Waals surface area (Å²) in [6.45, 7) is 4.18. The molecule has 1 saturated heterocycles. The van der Waals surface area contributed by atoms with Gasteiger partial charge in [0.25, 0.3) is 0 Å². The van der Waals surface area contributed by atoms with Gasteiger partial charge in [-0.1, -0.05) is 26.0 Å². The second-order valence-electron chi connectivity index (χ2n) is 7.04. The number of carbonyl (C=O) groups excluding carboxylic acids is 1. The normalized spacial score (nSPS) is 31.4. The topological polar surface area (TPSA) is 59.1 Å². The summed E-state index contributed by atoms with van der Waals surface area (Å²) in [5.74, 6) is 0.937. The van der Waals surface area contributed by atoms with Crippen molar-refractivity contribution < 1.29 is 19.4 Å². The molecule has 4 nitrogen and oxygen atoms in total. The fourth-order valence-electron chi connectivity index (χ4n) is 3.63. The third-order valence-corrected chi connectivity index (χ3v) is 4.54. The van der Waals surface area contributed by atoms with Gasteiger partial charge in [-0.15, -0.1) is 0 Å². The van der Waals surface area contributed by atoms with Crippen LogP contribution in [0.3, 0.4) is 0 Å². The van der Waals surface area contributed by atoms with Gasteiger partial charge in [0.15, 0.2) is 5.78 Å². The van der Waals surface area contributed by atoms with Crippen molar-refractivity contribution in [3.63, 3.8) is 0 Å². The smallest absolute Gasteiger partial charge is 0.165 e. The van der Waals surface area contributed by atoms with E-state index >= 15 is 0 Å². The Hall–Kier alpha value is -1.39. The fourth-order valence-corrected chi connectivity index (χ4v) is 3.63. The fraction of sp³-hybridized carbons (Fsp3) is 0.588. The van der Waals surface area contributed by atoms with Crippen LogP contribution in [-0.2, 0) is 9.53 Å². The van der Waals surface area contributed by atoms with Gasteiger partial charge in [0.05, 0.1) is 13.2 Å². The molecule has 4 heteroatoms. The van der Waals surface area contributed by atoms with E-state index in [1.54, 1.807) is 7.11 Å². The van der Waals surface area contributed by atoms with Crippen molar-refractivity contribution in [2.75, 3.05) is 7.11 Å². The average Bonchev–Trinajstić information content (AvgIpc) is 3.11. The molecule has 0 amide bonds. The molecule has 21 heavy (non-hydrogen) atoms. The number of benzene rings is 1. The van der Waals surface area contributed by atoms with Crippen LogP contribution in [-0.4, -0.2) is 29.7 Å². The van der Waals surface area contributed by atoms with Crippen molar-refractivity contribution >= 4 is 5.78 Å². The van der Waals surface area contributed by atoms with Crippen molar-refractivity contribution in [2.24, 2.45) is 5.41 Å². The molecule has 114 valence electrons. The monoisotopic (exact) mass is 290 g/mol. The molecule has 0 spiro atoms. The lowest BCUT2D eigenvalue weighted by atomic mass is 9.70. The summed E-state index contributed by atoms with van der Waals surface area (Å²) in [5.41, 5.74) is 0.317. The lowest BCUT2D eigenvalue weighted by Crippen LogP contribution is -2.37. The molecule has 1 aliphatic heterocycles. The van der Waals surface area contributed by atoms with Crippen LogP contribution in [0.2, 0.25) is 0 Å². The first-order chi connectivity index (χ1) is 9.85. The van der Waals surface area contributed by atoms with Crippen LogP contribution in [0, 0.1) is 5.41 Å². The van der Waals surface area contributed by atoms with Gasteiger partial charge < -0.3 is 14.6 Å². The van der Waals surface area contributed by atoms with Gasteiger partial charge in [-0.3, -0.25) is 4.79 Å². The van der Waals surface area contributed by atoms with Crippen molar-refractivity contribution in [1.29, 1.82) is 0 Å². The first-order valence-corrected chi connectivity index (χ1v) is 7.38. The Labute approximate surface area is 125 Å². The molecule has 3 atom stereocenters. The van der Waals surface area contributed by atoms with Crippen molar-refractivity contribution in [3.05, 3.63) is 29.8 Å². The summed E-state index contributed by atoms with van der Waals surface area (Å²) in [6, 6.07) is 7.37. The van der Waals surface area contributed by atoms with Crippen molar-refractivity contribution in [1.82, 2.24) is 0 Å². The van der Waals surface area contributed by atoms with E-state index in [1.165, 1.54) is 0 Å². The lowest BCUT2D eigenvalue weighted by molar-refractivity contribution is -0.123. The Morgan fingerprint density at radius 3 is 2.67 bits per heavy atom. The maximum Gasteiger partial charge on any atom is 0.165 e. The van der Waals surface area contributed by atoms with E-state index in [9.17, 15) is 9.90 Å².